The van der Waals surface area contributed by atoms with Gasteiger partial charge in [-0.2, -0.15) is 0 Å². The highest BCUT2D eigenvalue weighted by atomic mass is 15.2. The highest BCUT2D eigenvalue weighted by Gasteiger charge is 2.28. The minimum atomic E-state index is 0.792. The topological polar surface area (TPSA) is 3.24 Å². The predicted molar refractivity (Wildman–Crippen MR) is 67.6 cm³/mol. The Morgan fingerprint density at radius 2 is 1.81 bits per heavy atom. The van der Waals surface area contributed by atoms with Crippen molar-refractivity contribution in [2.75, 3.05) is 13.1 Å². The summed E-state index contributed by atoms with van der Waals surface area (Å²) in [5.41, 5.74) is 3.18. The fourth-order valence-corrected chi connectivity index (χ4v) is 3.35. The highest BCUT2D eigenvalue weighted by molar-refractivity contribution is 5.33. The molecule has 1 saturated heterocycles. The van der Waals surface area contributed by atoms with Crippen LogP contribution in [0.2, 0.25) is 0 Å². The first-order valence-electron chi connectivity index (χ1n) is 6.64. The lowest BCUT2D eigenvalue weighted by Gasteiger charge is -2.35. The van der Waals surface area contributed by atoms with E-state index in [9.17, 15) is 0 Å². The highest BCUT2D eigenvalue weighted by Crippen LogP contribution is 2.28. The van der Waals surface area contributed by atoms with Crippen LogP contribution in [0.15, 0.2) is 24.3 Å². The number of nitrogens with zero attached hydrogens (tertiary/aromatic N) is 1. The Kier molecular flexibility index (Phi) is 2.72. The molecule has 1 nitrogen and oxygen atoms in total. The molecule has 86 valence electrons. The summed E-state index contributed by atoms with van der Waals surface area (Å²) >= 11 is 0. The van der Waals surface area contributed by atoms with E-state index in [1.54, 1.807) is 11.1 Å². The number of rotatable bonds is 1. The summed E-state index contributed by atoms with van der Waals surface area (Å²) in [5.74, 6) is 0.900. The van der Waals surface area contributed by atoms with Gasteiger partial charge in [-0.05, 0) is 49.3 Å². The maximum Gasteiger partial charge on any atom is 0.0176 e. The van der Waals surface area contributed by atoms with Crippen LogP contribution in [0, 0.1) is 5.92 Å². The van der Waals surface area contributed by atoms with Crippen LogP contribution >= 0.6 is 0 Å². The fourth-order valence-electron chi connectivity index (χ4n) is 3.35. The second-order valence-corrected chi connectivity index (χ2v) is 5.57. The van der Waals surface area contributed by atoms with Crippen LogP contribution in [0.3, 0.4) is 0 Å². The Bertz CT molecular complexity index is 346. The zero-order valence-electron chi connectivity index (χ0n) is 10.2. The van der Waals surface area contributed by atoms with Gasteiger partial charge >= 0.3 is 0 Å². The van der Waals surface area contributed by atoms with Crippen LogP contribution in [-0.2, 0) is 12.8 Å². The lowest BCUT2D eigenvalue weighted by Crippen LogP contribution is -2.42. The third kappa shape index (κ3) is 1.89. The summed E-state index contributed by atoms with van der Waals surface area (Å²) in [5, 5.41) is 0. The van der Waals surface area contributed by atoms with Gasteiger partial charge in [0.1, 0.15) is 0 Å². The smallest absolute Gasteiger partial charge is 0.0176 e. The standard InChI is InChI=1S/C15H21N/c1-12-5-4-8-16(11-12)15-9-13-6-2-3-7-14(13)10-15/h2-3,6-7,12,15H,4-5,8-11H2,1H3. The average Bonchev–Trinajstić information content (AvgIpc) is 2.72. The summed E-state index contributed by atoms with van der Waals surface area (Å²) < 4.78 is 0. The first kappa shape index (κ1) is 10.3. The maximum absolute atomic E-state index is 2.73. The number of benzene rings is 1. The van der Waals surface area contributed by atoms with E-state index in [1.807, 2.05) is 0 Å². The molecule has 1 aromatic rings. The van der Waals surface area contributed by atoms with Gasteiger partial charge in [0.05, 0.1) is 0 Å². The second kappa shape index (κ2) is 4.21. The summed E-state index contributed by atoms with van der Waals surface area (Å²) in [4.78, 5) is 2.73. The molecular formula is C15H21N. The van der Waals surface area contributed by atoms with Crippen LogP contribution in [0.5, 0.6) is 0 Å². The van der Waals surface area contributed by atoms with Gasteiger partial charge in [0.15, 0.2) is 0 Å². The lowest BCUT2D eigenvalue weighted by atomic mass is 9.98. The van der Waals surface area contributed by atoms with Crippen LogP contribution in [0.4, 0.5) is 0 Å². The second-order valence-electron chi connectivity index (χ2n) is 5.57. The van der Waals surface area contributed by atoms with E-state index in [1.165, 1.54) is 38.8 Å². The fraction of sp³-hybridized carbons (Fsp3) is 0.600. The van der Waals surface area contributed by atoms with Crippen LogP contribution < -0.4 is 0 Å². The summed E-state index contributed by atoms with van der Waals surface area (Å²) in [6.07, 6.45) is 5.38. The van der Waals surface area contributed by atoms with Crippen molar-refractivity contribution in [3.05, 3.63) is 35.4 Å². The van der Waals surface area contributed by atoms with Crippen LogP contribution in [0.1, 0.15) is 30.9 Å². The maximum atomic E-state index is 2.73. The quantitative estimate of drug-likeness (QED) is 0.696. The number of hydrogen-bond donors (Lipinski definition) is 0. The zero-order chi connectivity index (χ0) is 11.0. The minimum absolute atomic E-state index is 0.792. The molecule has 1 heteroatoms. The van der Waals surface area contributed by atoms with Gasteiger partial charge in [0.25, 0.3) is 0 Å². The monoisotopic (exact) mass is 215 g/mol. The first-order chi connectivity index (χ1) is 7.83. The lowest BCUT2D eigenvalue weighted by molar-refractivity contribution is 0.134. The zero-order valence-corrected chi connectivity index (χ0v) is 10.2. The molecule has 0 radical (unpaired) electrons. The van der Waals surface area contributed by atoms with E-state index in [4.69, 9.17) is 0 Å². The molecule has 1 unspecified atom stereocenters. The molecule has 0 bridgehead atoms. The molecular weight excluding hydrogens is 194 g/mol. The summed E-state index contributed by atoms with van der Waals surface area (Å²) in [6, 6.07) is 9.77. The van der Waals surface area contributed by atoms with Crippen molar-refractivity contribution >= 4 is 0 Å². The molecule has 16 heavy (non-hydrogen) atoms. The van der Waals surface area contributed by atoms with Crippen molar-refractivity contribution in [2.45, 2.75) is 38.6 Å². The van der Waals surface area contributed by atoms with E-state index in [2.05, 4.69) is 36.1 Å². The molecule has 3 rings (SSSR count). The molecule has 0 spiro atoms. The average molecular weight is 215 g/mol. The third-order valence-electron chi connectivity index (χ3n) is 4.23. The Balaban J connectivity index is 1.71. The van der Waals surface area contributed by atoms with E-state index < -0.39 is 0 Å². The number of fused-ring (bicyclic) bond motifs is 1. The Labute approximate surface area is 98.5 Å². The normalized spacial score (nSPS) is 26.9. The Hall–Kier alpha value is -0.820. The van der Waals surface area contributed by atoms with Gasteiger partial charge in [-0.1, -0.05) is 31.2 Å². The van der Waals surface area contributed by atoms with Gasteiger partial charge in [0, 0.05) is 12.6 Å². The molecule has 0 N–H and O–H groups in total. The summed E-state index contributed by atoms with van der Waals surface area (Å²) in [7, 11) is 0. The third-order valence-corrected chi connectivity index (χ3v) is 4.23. The van der Waals surface area contributed by atoms with Crippen molar-refractivity contribution in [3.63, 3.8) is 0 Å². The van der Waals surface area contributed by atoms with Crippen molar-refractivity contribution in [1.29, 1.82) is 0 Å². The van der Waals surface area contributed by atoms with Gasteiger partial charge < -0.3 is 0 Å². The van der Waals surface area contributed by atoms with Crippen LogP contribution in [-0.4, -0.2) is 24.0 Å². The molecule has 1 aliphatic heterocycles. The number of hydrogen-bond acceptors (Lipinski definition) is 1. The van der Waals surface area contributed by atoms with Crippen molar-refractivity contribution < 1.29 is 0 Å². The molecule has 1 fully saturated rings. The molecule has 1 atom stereocenters. The van der Waals surface area contributed by atoms with E-state index in [0.29, 0.717) is 0 Å². The van der Waals surface area contributed by atoms with Crippen molar-refractivity contribution in [3.8, 4) is 0 Å². The van der Waals surface area contributed by atoms with E-state index in [-0.39, 0.29) is 0 Å². The molecule has 2 aliphatic rings. The number of piperidine rings is 1. The van der Waals surface area contributed by atoms with Gasteiger partial charge in [-0.25, -0.2) is 0 Å². The Morgan fingerprint density at radius 3 is 2.44 bits per heavy atom. The summed E-state index contributed by atoms with van der Waals surface area (Å²) in [6.45, 7) is 5.04. The molecule has 1 aromatic carbocycles. The van der Waals surface area contributed by atoms with Gasteiger partial charge in [-0.3, -0.25) is 4.90 Å². The largest absolute Gasteiger partial charge is 0.299 e. The van der Waals surface area contributed by atoms with Gasteiger partial charge in [0.2, 0.25) is 0 Å². The first-order valence-corrected chi connectivity index (χ1v) is 6.64. The molecule has 0 saturated carbocycles. The molecule has 1 aliphatic carbocycles. The van der Waals surface area contributed by atoms with Crippen molar-refractivity contribution in [2.24, 2.45) is 5.92 Å². The van der Waals surface area contributed by atoms with Crippen molar-refractivity contribution in [1.82, 2.24) is 4.90 Å². The molecule has 1 heterocycles. The van der Waals surface area contributed by atoms with E-state index in [0.717, 1.165) is 12.0 Å². The molecule has 0 amide bonds. The predicted octanol–water partition coefficient (Wildman–Crippen LogP) is 2.89. The van der Waals surface area contributed by atoms with Gasteiger partial charge in [-0.15, -0.1) is 0 Å². The Morgan fingerprint density at radius 1 is 1.12 bits per heavy atom. The molecule has 0 aromatic heterocycles. The number of likely N-dealkylation sites (tertiary alicyclic amines) is 1. The minimum Gasteiger partial charge on any atom is -0.299 e. The SMILES string of the molecule is CC1CCCN(C2Cc3ccccc3C2)C1. The van der Waals surface area contributed by atoms with Crippen LogP contribution in [0.25, 0.3) is 0 Å². The van der Waals surface area contributed by atoms with E-state index >= 15 is 0 Å².